The van der Waals surface area contributed by atoms with Crippen LogP contribution in [0.15, 0.2) is 57.7 Å². The summed E-state index contributed by atoms with van der Waals surface area (Å²) in [5, 5.41) is 4.64. The second kappa shape index (κ2) is 7.66. The lowest BCUT2D eigenvalue weighted by atomic mass is 10.0. The maximum absolute atomic E-state index is 11.9. The molecule has 3 heteroatoms. The van der Waals surface area contributed by atoms with Crippen molar-refractivity contribution >= 4 is 11.0 Å². The van der Waals surface area contributed by atoms with E-state index >= 15 is 0 Å². The molecular formula is C22H25NO2. The average molecular weight is 335 g/mol. The number of aryl methyl sites for hydroxylation is 2. The molecule has 1 N–H and O–H groups in total. The molecule has 0 spiro atoms. The van der Waals surface area contributed by atoms with Crippen molar-refractivity contribution in [1.82, 2.24) is 5.32 Å². The van der Waals surface area contributed by atoms with Crippen LogP contribution in [-0.4, -0.2) is 0 Å². The lowest BCUT2D eigenvalue weighted by Crippen LogP contribution is -2.21. The first-order valence-electron chi connectivity index (χ1n) is 8.90. The first kappa shape index (κ1) is 17.4. The van der Waals surface area contributed by atoms with Crippen molar-refractivity contribution in [2.24, 2.45) is 0 Å². The SMILES string of the molecule is CCC[C@H](NCc1cc(=O)oc2cc(C)c(C)cc12)c1ccccc1. The number of hydrogen-bond donors (Lipinski definition) is 1. The predicted octanol–water partition coefficient (Wildman–Crippen LogP) is 5.04. The Morgan fingerprint density at radius 2 is 1.76 bits per heavy atom. The monoisotopic (exact) mass is 335 g/mol. The first-order valence-corrected chi connectivity index (χ1v) is 8.90. The van der Waals surface area contributed by atoms with Gasteiger partial charge in [0.2, 0.25) is 0 Å². The van der Waals surface area contributed by atoms with E-state index in [0.717, 1.165) is 29.4 Å². The molecule has 0 saturated carbocycles. The van der Waals surface area contributed by atoms with Gasteiger partial charge in [-0.25, -0.2) is 4.79 Å². The second-order valence-corrected chi connectivity index (χ2v) is 6.66. The molecule has 0 unspecified atom stereocenters. The molecule has 0 radical (unpaired) electrons. The van der Waals surface area contributed by atoms with Crippen LogP contribution in [0.1, 0.15) is 48.1 Å². The van der Waals surface area contributed by atoms with Crippen LogP contribution < -0.4 is 10.9 Å². The van der Waals surface area contributed by atoms with Crippen molar-refractivity contribution in [3.05, 3.63) is 81.2 Å². The summed E-state index contributed by atoms with van der Waals surface area (Å²) in [5.41, 5.74) is 4.98. The molecule has 130 valence electrons. The summed E-state index contributed by atoms with van der Waals surface area (Å²) >= 11 is 0. The molecule has 0 fully saturated rings. The molecule has 0 aliphatic heterocycles. The lowest BCUT2D eigenvalue weighted by molar-refractivity contribution is 0.491. The van der Waals surface area contributed by atoms with E-state index in [9.17, 15) is 4.79 Å². The van der Waals surface area contributed by atoms with Gasteiger partial charge in [-0.3, -0.25) is 0 Å². The molecule has 2 aromatic carbocycles. The van der Waals surface area contributed by atoms with Crippen LogP contribution in [0.3, 0.4) is 0 Å². The quantitative estimate of drug-likeness (QED) is 0.642. The minimum atomic E-state index is -0.292. The van der Waals surface area contributed by atoms with Gasteiger partial charge < -0.3 is 9.73 Å². The van der Waals surface area contributed by atoms with Crippen LogP contribution >= 0.6 is 0 Å². The van der Waals surface area contributed by atoms with Crippen LogP contribution in [0.25, 0.3) is 11.0 Å². The Balaban J connectivity index is 1.91. The Labute approximate surface area is 148 Å². The summed E-state index contributed by atoms with van der Waals surface area (Å²) in [6.07, 6.45) is 2.16. The highest BCUT2D eigenvalue weighted by atomic mass is 16.4. The third-order valence-electron chi connectivity index (χ3n) is 4.76. The van der Waals surface area contributed by atoms with E-state index in [2.05, 4.69) is 49.5 Å². The van der Waals surface area contributed by atoms with Gasteiger partial charge in [-0.15, -0.1) is 0 Å². The maximum atomic E-state index is 11.9. The highest BCUT2D eigenvalue weighted by molar-refractivity contribution is 5.81. The largest absolute Gasteiger partial charge is 0.423 e. The van der Waals surface area contributed by atoms with E-state index in [1.807, 2.05) is 19.1 Å². The number of fused-ring (bicyclic) bond motifs is 1. The second-order valence-electron chi connectivity index (χ2n) is 6.66. The van der Waals surface area contributed by atoms with Crippen LogP contribution in [0.5, 0.6) is 0 Å². The van der Waals surface area contributed by atoms with Gasteiger partial charge in [0.1, 0.15) is 5.58 Å². The minimum Gasteiger partial charge on any atom is -0.423 e. The van der Waals surface area contributed by atoms with Crippen LogP contribution in [0, 0.1) is 13.8 Å². The zero-order chi connectivity index (χ0) is 17.8. The summed E-state index contributed by atoms with van der Waals surface area (Å²) in [5.74, 6) is 0. The molecule has 0 aliphatic carbocycles. The molecule has 1 atom stereocenters. The van der Waals surface area contributed by atoms with Gasteiger partial charge in [0.15, 0.2) is 0 Å². The van der Waals surface area contributed by atoms with Crippen molar-refractivity contribution in [3.8, 4) is 0 Å². The summed E-state index contributed by atoms with van der Waals surface area (Å²) in [7, 11) is 0. The van der Waals surface area contributed by atoms with E-state index in [-0.39, 0.29) is 11.7 Å². The fraction of sp³-hybridized carbons (Fsp3) is 0.318. The summed E-state index contributed by atoms with van der Waals surface area (Å²) in [4.78, 5) is 11.9. The molecule has 3 aromatic rings. The molecule has 1 heterocycles. The smallest absolute Gasteiger partial charge is 0.336 e. The molecule has 0 amide bonds. The van der Waals surface area contributed by atoms with Crippen molar-refractivity contribution in [1.29, 1.82) is 0 Å². The minimum absolute atomic E-state index is 0.278. The molecule has 0 bridgehead atoms. The lowest BCUT2D eigenvalue weighted by Gasteiger charge is -2.19. The van der Waals surface area contributed by atoms with Gasteiger partial charge >= 0.3 is 5.63 Å². The van der Waals surface area contributed by atoms with E-state index in [0.29, 0.717) is 12.1 Å². The standard InChI is InChI=1S/C22H25NO2/c1-4-8-20(17-9-6-5-7-10-17)23-14-18-13-22(24)25-21-12-16(3)15(2)11-19(18)21/h5-7,9-13,20,23H,4,8,14H2,1-3H3/t20-/m0/s1. The first-order chi connectivity index (χ1) is 12.1. The van der Waals surface area contributed by atoms with Gasteiger partial charge in [0, 0.05) is 24.0 Å². The fourth-order valence-electron chi connectivity index (χ4n) is 3.22. The van der Waals surface area contributed by atoms with Crippen molar-refractivity contribution < 1.29 is 4.42 Å². The van der Waals surface area contributed by atoms with Crippen molar-refractivity contribution in [2.45, 2.75) is 46.2 Å². The zero-order valence-electron chi connectivity index (χ0n) is 15.1. The Bertz CT molecular complexity index is 912. The van der Waals surface area contributed by atoms with Gasteiger partial charge in [-0.2, -0.15) is 0 Å². The number of nitrogens with one attached hydrogen (secondary N) is 1. The topological polar surface area (TPSA) is 42.2 Å². The molecule has 3 rings (SSSR count). The van der Waals surface area contributed by atoms with E-state index in [1.54, 1.807) is 6.07 Å². The highest BCUT2D eigenvalue weighted by Gasteiger charge is 2.12. The molecule has 3 nitrogen and oxygen atoms in total. The van der Waals surface area contributed by atoms with Gasteiger partial charge in [-0.05, 0) is 54.7 Å². The Kier molecular flexibility index (Phi) is 5.34. The Morgan fingerprint density at radius 1 is 1.04 bits per heavy atom. The average Bonchev–Trinajstić information content (AvgIpc) is 2.60. The summed E-state index contributed by atoms with van der Waals surface area (Å²) < 4.78 is 5.39. The van der Waals surface area contributed by atoms with E-state index < -0.39 is 0 Å². The summed E-state index contributed by atoms with van der Waals surface area (Å²) in [6.45, 7) is 6.95. The third-order valence-corrected chi connectivity index (χ3v) is 4.76. The predicted molar refractivity (Wildman–Crippen MR) is 103 cm³/mol. The van der Waals surface area contributed by atoms with Crippen LogP contribution in [0.4, 0.5) is 0 Å². The number of rotatable bonds is 6. The summed E-state index contributed by atoms with van der Waals surface area (Å²) in [6, 6.07) is 16.4. The van der Waals surface area contributed by atoms with Crippen LogP contribution in [0.2, 0.25) is 0 Å². The van der Waals surface area contributed by atoms with Crippen LogP contribution in [-0.2, 0) is 6.54 Å². The third kappa shape index (κ3) is 3.99. The normalized spacial score (nSPS) is 12.4. The highest BCUT2D eigenvalue weighted by Crippen LogP contribution is 2.23. The fourth-order valence-corrected chi connectivity index (χ4v) is 3.22. The molecule has 25 heavy (non-hydrogen) atoms. The van der Waals surface area contributed by atoms with Crippen molar-refractivity contribution in [2.75, 3.05) is 0 Å². The van der Waals surface area contributed by atoms with Gasteiger partial charge in [-0.1, -0.05) is 43.7 Å². The zero-order valence-corrected chi connectivity index (χ0v) is 15.1. The molecular weight excluding hydrogens is 310 g/mol. The van der Waals surface area contributed by atoms with E-state index in [4.69, 9.17) is 4.42 Å². The molecule has 1 aromatic heterocycles. The maximum Gasteiger partial charge on any atom is 0.336 e. The van der Waals surface area contributed by atoms with Gasteiger partial charge in [0.25, 0.3) is 0 Å². The van der Waals surface area contributed by atoms with Gasteiger partial charge in [0.05, 0.1) is 0 Å². The Morgan fingerprint density at radius 3 is 2.48 bits per heavy atom. The number of benzene rings is 2. The molecule has 0 saturated heterocycles. The van der Waals surface area contributed by atoms with Crippen molar-refractivity contribution in [3.63, 3.8) is 0 Å². The van der Waals surface area contributed by atoms with E-state index in [1.165, 1.54) is 11.1 Å². The number of hydrogen-bond acceptors (Lipinski definition) is 3. The molecule has 0 aliphatic rings. The Hall–Kier alpha value is -2.39.